The van der Waals surface area contributed by atoms with E-state index in [1.54, 1.807) is 6.92 Å². The fraction of sp³-hybridized carbons (Fsp3) is 0.136. The fourth-order valence-electron chi connectivity index (χ4n) is 3.02. The maximum Gasteiger partial charge on any atom is 0.336 e. The van der Waals surface area contributed by atoms with Crippen molar-refractivity contribution in [2.24, 2.45) is 0 Å². The lowest BCUT2D eigenvalue weighted by atomic mass is 9.88. The number of carboxylic acid groups (broad SMARTS) is 1. The third-order valence-corrected chi connectivity index (χ3v) is 4.34. The Kier molecular flexibility index (Phi) is 5.32. The molecule has 1 atom stereocenters. The Morgan fingerprint density at radius 3 is 2.42 bits per heavy atom. The number of hydrogen-bond donors (Lipinski definition) is 1. The van der Waals surface area contributed by atoms with Gasteiger partial charge in [0.2, 0.25) is 0 Å². The van der Waals surface area contributed by atoms with Crippen molar-refractivity contribution in [2.75, 3.05) is 0 Å². The molecule has 0 saturated heterocycles. The Labute approximate surface area is 151 Å². The van der Waals surface area contributed by atoms with Crippen LogP contribution in [0, 0.1) is 5.82 Å². The number of carbonyl (C=O) groups is 1. The molecule has 1 N–H and O–H groups in total. The lowest BCUT2D eigenvalue weighted by Crippen LogP contribution is -2.10. The van der Waals surface area contributed by atoms with E-state index in [-0.39, 0.29) is 11.1 Å². The lowest BCUT2D eigenvalue weighted by molar-refractivity contribution is 0.0694. The summed E-state index contributed by atoms with van der Waals surface area (Å²) in [6, 6.07) is 21.2. The van der Waals surface area contributed by atoms with Gasteiger partial charge in [0.15, 0.2) is 0 Å². The zero-order chi connectivity index (χ0) is 18.5. The van der Waals surface area contributed by atoms with Crippen LogP contribution < -0.4 is 4.74 Å². The zero-order valence-electron chi connectivity index (χ0n) is 14.4. The minimum Gasteiger partial charge on any atom is -0.489 e. The van der Waals surface area contributed by atoms with Crippen LogP contribution in [-0.4, -0.2) is 11.1 Å². The minimum absolute atomic E-state index is 0.0321. The van der Waals surface area contributed by atoms with Gasteiger partial charge in [-0.25, -0.2) is 9.18 Å². The normalized spacial score (nSPS) is 11.8. The number of ether oxygens (including phenoxy) is 1. The molecule has 0 fully saturated rings. The highest BCUT2D eigenvalue weighted by atomic mass is 19.1. The van der Waals surface area contributed by atoms with E-state index in [0.717, 1.165) is 11.1 Å². The predicted octanol–water partition coefficient (Wildman–Crippen LogP) is 5.25. The van der Waals surface area contributed by atoms with Gasteiger partial charge in [0, 0.05) is 17.0 Å². The molecular formula is C22H19FO3. The number of aromatic carboxylic acids is 1. The van der Waals surface area contributed by atoms with Crippen LogP contribution >= 0.6 is 0 Å². The second-order valence-electron chi connectivity index (χ2n) is 6.04. The highest BCUT2D eigenvalue weighted by Gasteiger charge is 2.23. The molecule has 3 rings (SSSR count). The number of para-hydroxylation sites is 1. The highest BCUT2D eigenvalue weighted by Crippen LogP contribution is 2.35. The minimum atomic E-state index is -1.14. The average molecular weight is 350 g/mol. The molecule has 0 bridgehead atoms. The molecule has 0 saturated carbocycles. The van der Waals surface area contributed by atoms with Crippen LogP contribution in [0.2, 0.25) is 0 Å². The van der Waals surface area contributed by atoms with E-state index < -0.39 is 17.7 Å². The summed E-state index contributed by atoms with van der Waals surface area (Å²) >= 11 is 0. The van der Waals surface area contributed by atoms with Gasteiger partial charge in [-0.05, 0) is 23.8 Å². The van der Waals surface area contributed by atoms with Crippen molar-refractivity contribution >= 4 is 5.97 Å². The van der Waals surface area contributed by atoms with Gasteiger partial charge in [-0.3, -0.25) is 0 Å². The summed E-state index contributed by atoms with van der Waals surface area (Å²) in [6.07, 6.45) is 0. The fourth-order valence-corrected chi connectivity index (χ4v) is 3.02. The molecule has 1 unspecified atom stereocenters. The van der Waals surface area contributed by atoms with Gasteiger partial charge in [0.05, 0.1) is 5.56 Å². The third kappa shape index (κ3) is 3.75. The largest absolute Gasteiger partial charge is 0.489 e. The van der Waals surface area contributed by atoms with Crippen molar-refractivity contribution in [2.45, 2.75) is 19.4 Å². The average Bonchev–Trinajstić information content (AvgIpc) is 2.66. The Hall–Kier alpha value is -3.14. The molecule has 0 aliphatic rings. The first kappa shape index (κ1) is 17.7. The molecule has 0 radical (unpaired) electrons. The second kappa shape index (κ2) is 7.83. The van der Waals surface area contributed by atoms with Gasteiger partial charge in [-0.15, -0.1) is 0 Å². The number of rotatable bonds is 6. The molecule has 0 spiro atoms. The highest BCUT2D eigenvalue weighted by molar-refractivity contribution is 5.90. The maximum atomic E-state index is 14.4. The second-order valence-corrected chi connectivity index (χ2v) is 6.04. The van der Waals surface area contributed by atoms with E-state index in [9.17, 15) is 14.3 Å². The predicted molar refractivity (Wildman–Crippen MR) is 98.1 cm³/mol. The molecule has 0 amide bonds. The Balaban J connectivity index is 1.94. The summed E-state index contributed by atoms with van der Waals surface area (Å²) in [5.41, 5.74) is 1.90. The van der Waals surface area contributed by atoms with E-state index in [2.05, 4.69) is 0 Å². The Morgan fingerprint density at radius 1 is 1.00 bits per heavy atom. The first-order valence-electron chi connectivity index (χ1n) is 8.35. The van der Waals surface area contributed by atoms with E-state index in [1.165, 1.54) is 18.2 Å². The van der Waals surface area contributed by atoms with Crippen LogP contribution in [0.5, 0.6) is 5.75 Å². The number of benzene rings is 3. The van der Waals surface area contributed by atoms with Gasteiger partial charge in [-0.2, -0.15) is 0 Å². The van der Waals surface area contributed by atoms with Crippen molar-refractivity contribution in [3.05, 3.63) is 101 Å². The van der Waals surface area contributed by atoms with Crippen molar-refractivity contribution in [3.63, 3.8) is 0 Å². The molecule has 3 aromatic carbocycles. The summed E-state index contributed by atoms with van der Waals surface area (Å²) in [6.45, 7) is 2.17. The smallest absolute Gasteiger partial charge is 0.336 e. The standard InChI is InChI=1S/C22H19FO3/c1-15(21-18(22(24)25)11-7-12-19(21)23)17-10-5-6-13-20(17)26-14-16-8-3-2-4-9-16/h2-13,15H,14H2,1H3,(H,24,25). The van der Waals surface area contributed by atoms with Crippen molar-refractivity contribution in [1.29, 1.82) is 0 Å². The van der Waals surface area contributed by atoms with Crippen LogP contribution in [0.4, 0.5) is 4.39 Å². The summed E-state index contributed by atoms with van der Waals surface area (Å²) in [5, 5.41) is 9.41. The molecule has 4 heteroatoms. The first-order valence-corrected chi connectivity index (χ1v) is 8.35. The van der Waals surface area contributed by atoms with Crippen molar-refractivity contribution in [3.8, 4) is 5.75 Å². The molecule has 3 nitrogen and oxygen atoms in total. The molecule has 132 valence electrons. The molecule has 0 aromatic heterocycles. The monoisotopic (exact) mass is 350 g/mol. The van der Waals surface area contributed by atoms with Gasteiger partial charge >= 0.3 is 5.97 Å². The summed E-state index contributed by atoms with van der Waals surface area (Å²) in [7, 11) is 0. The summed E-state index contributed by atoms with van der Waals surface area (Å²) < 4.78 is 20.4. The van der Waals surface area contributed by atoms with Crippen LogP contribution in [0.3, 0.4) is 0 Å². The Morgan fingerprint density at radius 2 is 1.69 bits per heavy atom. The molecule has 26 heavy (non-hydrogen) atoms. The van der Waals surface area contributed by atoms with Gasteiger partial charge in [-0.1, -0.05) is 61.5 Å². The SMILES string of the molecule is CC(c1ccccc1OCc1ccccc1)c1c(F)cccc1C(=O)O. The number of carboxylic acids is 1. The van der Waals surface area contributed by atoms with Gasteiger partial charge in [0.25, 0.3) is 0 Å². The van der Waals surface area contributed by atoms with Crippen molar-refractivity contribution in [1.82, 2.24) is 0 Å². The van der Waals surface area contributed by atoms with Crippen molar-refractivity contribution < 1.29 is 19.0 Å². The van der Waals surface area contributed by atoms with Crippen LogP contribution in [0.25, 0.3) is 0 Å². The molecule has 0 aliphatic carbocycles. The van der Waals surface area contributed by atoms with Crippen LogP contribution in [0.1, 0.15) is 39.9 Å². The molecule has 3 aromatic rings. The molecule has 0 aliphatic heterocycles. The number of halogens is 1. The molecule has 0 heterocycles. The molecular weight excluding hydrogens is 331 g/mol. The van der Waals surface area contributed by atoms with Gasteiger partial charge in [0.1, 0.15) is 18.2 Å². The van der Waals surface area contributed by atoms with E-state index in [4.69, 9.17) is 4.74 Å². The summed E-state index contributed by atoms with van der Waals surface area (Å²) in [5.74, 6) is -1.53. The van der Waals surface area contributed by atoms with E-state index in [0.29, 0.717) is 12.4 Å². The zero-order valence-corrected chi connectivity index (χ0v) is 14.4. The van der Waals surface area contributed by atoms with E-state index in [1.807, 2.05) is 54.6 Å². The van der Waals surface area contributed by atoms with Gasteiger partial charge < -0.3 is 9.84 Å². The van der Waals surface area contributed by atoms with Crippen LogP contribution in [-0.2, 0) is 6.61 Å². The maximum absolute atomic E-state index is 14.4. The van der Waals surface area contributed by atoms with Crippen LogP contribution in [0.15, 0.2) is 72.8 Å². The topological polar surface area (TPSA) is 46.5 Å². The lowest BCUT2D eigenvalue weighted by Gasteiger charge is -2.19. The summed E-state index contributed by atoms with van der Waals surface area (Å²) in [4.78, 5) is 11.5. The Bertz CT molecular complexity index is 906. The quantitative estimate of drug-likeness (QED) is 0.660. The third-order valence-electron chi connectivity index (χ3n) is 4.34. The number of hydrogen-bond acceptors (Lipinski definition) is 2. The van der Waals surface area contributed by atoms with E-state index >= 15 is 0 Å². The first-order chi connectivity index (χ1) is 12.6.